The van der Waals surface area contributed by atoms with Gasteiger partial charge in [-0.2, -0.15) is 0 Å². The van der Waals surface area contributed by atoms with Crippen molar-refractivity contribution in [3.63, 3.8) is 0 Å². The van der Waals surface area contributed by atoms with Crippen molar-refractivity contribution in [3.05, 3.63) is 29.8 Å². The lowest BCUT2D eigenvalue weighted by Crippen LogP contribution is -2.26. The Morgan fingerprint density at radius 3 is 2.78 bits per heavy atom. The van der Waals surface area contributed by atoms with E-state index in [4.69, 9.17) is 4.74 Å². The highest BCUT2D eigenvalue weighted by Gasteiger charge is 2.22. The summed E-state index contributed by atoms with van der Waals surface area (Å²) in [5, 5.41) is 2.96. The molecule has 1 fully saturated rings. The highest BCUT2D eigenvalue weighted by molar-refractivity contribution is 5.76. The maximum atomic E-state index is 11.5. The summed E-state index contributed by atoms with van der Waals surface area (Å²) in [7, 11) is 0. The molecule has 2 rings (SSSR count). The molecule has 0 heterocycles. The van der Waals surface area contributed by atoms with E-state index in [0.717, 1.165) is 18.6 Å². The number of para-hydroxylation sites is 1. The van der Waals surface area contributed by atoms with Crippen molar-refractivity contribution < 1.29 is 9.53 Å². The Balaban J connectivity index is 1.80. The standard InChI is InChI=1S/C15H21NO2/c1-11(2)13-5-3-4-6-14(13)18-10-9-15(17)16-12-7-8-12/h3-6,11-12H,7-10H2,1-2H3,(H,16,17). The van der Waals surface area contributed by atoms with Crippen molar-refractivity contribution in [1.29, 1.82) is 0 Å². The molecular weight excluding hydrogens is 226 g/mol. The molecule has 1 aliphatic carbocycles. The van der Waals surface area contributed by atoms with Gasteiger partial charge in [-0.1, -0.05) is 32.0 Å². The Morgan fingerprint density at radius 2 is 2.11 bits per heavy atom. The van der Waals surface area contributed by atoms with E-state index < -0.39 is 0 Å². The first-order chi connectivity index (χ1) is 8.66. The maximum absolute atomic E-state index is 11.5. The van der Waals surface area contributed by atoms with Gasteiger partial charge in [0.25, 0.3) is 0 Å². The predicted molar refractivity (Wildman–Crippen MR) is 71.8 cm³/mol. The van der Waals surface area contributed by atoms with E-state index in [0.29, 0.717) is 25.0 Å². The normalized spacial score (nSPS) is 14.6. The molecule has 0 aliphatic heterocycles. The van der Waals surface area contributed by atoms with E-state index in [1.165, 1.54) is 5.56 Å². The van der Waals surface area contributed by atoms with Crippen LogP contribution in [0.25, 0.3) is 0 Å². The highest BCUT2D eigenvalue weighted by atomic mass is 16.5. The summed E-state index contributed by atoms with van der Waals surface area (Å²) in [6, 6.07) is 8.45. The van der Waals surface area contributed by atoms with Crippen LogP contribution in [0.2, 0.25) is 0 Å². The molecule has 1 amide bonds. The summed E-state index contributed by atoms with van der Waals surface area (Å²) in [5.41, 5.74) is 1.19. The van der Waals surface area contributed by atoms with Crippen LogP contribution in [-0.4, -0.2) is 18.6 Å². The second-order valence-corrected chi connectivity index (χ2v) is 5.13. The summed E-state index contributed by atoms with van der Waals surface area (Å²) >= 11 is 0. The van der Waals surface area contributed by atoms with Crippen molar-refractivity contribution in [2.45, 2.75) is 45.1 Å². The Labute approximate surface area is 109 Å². The molecule has 3 heteroatoms. The van der Waals surface area contributed by atoms with Crippen LogP contribution in [0, 0.1) is 0 Å². The third kappa shape index (κ3) is 3.76. The molecule has 0 unspecified atom stereocenters. The smallest absolute Gasteiger partial charge is 0.223 e. The van der Waals surface area contributed by atoms with E-state index in [2.05, 4.69) is 25.2 Å². The van der Waals surface area contributed by atoms with Gasteiger partial charge in [0.1, 0.15) is 5.75 Å². The molecule has 1 aromatic rings. The molecule has 0 atom stereocenters. The van der Waals surface area contributed by atoms with Crippen LogP contribution in [0.4, 0.5) is 0 Å². The van der Waals surface area contributed by atoms with Crippen LogP contribution in [0.5, 0.6) is 5.75 Å². The Kier molecular flexibility index (Phi) is 4.24. The number of hydrogen-bond acceptors (Lipinski definition) is 2. The molecule has 0 aromatic heterocycles. The summed E-state index contributed by atoms with van der Waals surface area (Å²) in [4.78, 5) is 11.5. The summed E-state index contributed by atoms with van der Waals surface area (Å²) < 4.78 is 5.71. The molecule has 18 heavy (non-hydrogen) atoms. The number of ether oxygens (including phenoxy) is 1. The molecular formula is C15H21NO2. The van der Waals surface area contributed by atoms with Gasteiger partial charge in [-0.05, 0) is 30.4 Å². The zero-order chi connectivity index (χ0) is 13.0. The van der Waals surface area contributed by atoms with Gasteiger partial charge in [-0.25, -0.2) is 0 Å². The lowest BCUT2D eigenvalue weighted by atomic mass is 10.0. The predicted octanol–water partition coefficient (Wildman–Crippen LogP) is 2.86. The molecule has 0 bridgehead atoms. The van der Waals surface area contributed by atoms with Crippen molar-refractivity contribution in [2.24, 2.45) is 0 Å². The fourth-order valence-corrected chi connectivity index (χ4v) is 1.87. The number of carbonyl (C=O) groups is 1. The number of benzene rings is 1. The Hall–Kier alpha value is -1.51. The first kappa shape index (κ1) is 12.9. The summed E-state index contributed by atoms with van der Waals surface area (Å²) in [6.07, 6.45) is 2.69. The fourth-order valence-electron chi connectivity index (χ4n) is 1.87. The first-order valence-electron chi connectivity index (χ1n) is 6.68. The van der Waals surface area contributed by atoms with E-state index in [1.54, 1.807) is 0 Å². The fraction of sp³-hybridized carbons (Fsp3) is 0.533. The summed E-state index contributed by atoms with van der Waals surface area (Å²) in [5.74, 6) is 1.42. The largest absolute Gasteiger partial charge is 0.493 e. The Bertz CT molecular complexity index is 411. The topological polar surface area (TPSA) is 38.3 Å². The molecule has 98 valence electrons. The van der Waals surface area contributed by atoms with Gasteiger partial charge < -0.3 is 10.1 Å². The highest BCUT2D eigenvalue weighted by Crippen LogP contribution is 2.25. The molecule has 1 N–H and O–H groups in total. The van der Waals surface area contributed by atoms with E-state index in [9.17, 15) is 4.79 Å². The zero-order valence-electron chi connectivity index (χ0n) is 11.1. The zero-order valence-corrected chi connectivity index (χ0v) is 11.1. The van der Waals surface area contributed by atoms with Crippen LogP contribution in [0.3, 0.4) is 0 Å². The van der Waals surface area contributed by atoms with Crippen LogP contribution in [-0.2, 0) is 4.79 Å². The van der Waals surface area contributed by atoms with E-state index in [-0.39, 0.29) is 5.91 Å². The lowest BCUT2D eigenvalue weighted by Gasteiger charge is -2.13. The quantitative estimate of drug-likeness (QED) is 0.839. The van der Waals surface area contributed by atoms with Gasteiger partial charge in [0.05, 0.1) is 13.0 Å². The lowest BCUT2D eigenvalue weighted by molar-refractivity contribution is -0.121. The molecule has 3 nitrogen and oxygen atoms in total. The van der Waals surface area contributed by atoms with Crippen LogP contribution in [0.15, 0.2) is 24.3 Å². The number of carbonyl (C=O) groups excluding carboxylic acids is 1. The minimum atomic E-state index is 0.0968. The minimum Gasteiger partial charge on any atom is -0.493 e. The van der Waals surface area contributed by atoms with Gasteiger partial charge in [0, 0.05) is 6.04 Å². The summed E-state index contributed by atoms with van der Waals surface area (Å²) in [6.45, 7) is 4.73. The molecule has 0 saturated heterocycles. The average molecular weight is 247 g/mol. The van der Waals surface area contributed by atoms with Crippen LogP contribution in [0.1, 0.15) is 44.6 Å². The third-order valence-electron chi connectivity index (χ3n) is 3.07. The molecule has 1 aromatic carbocycles. The molecule has 1 saturated carbocycles. The average Bonchev–Trinajstić information content (AvgIpc) is 3.13. The number of amides is 1. The number of nitrogens with one attached hydrogen (secondary N) is 1. The van der Waals surface area contributed by atoms with E-state index in [1.807, 2.05) is 18.2 Å². The van der Waals surface area contributed by atoms with Crippen molar-refractivity contribution >= 4 is 5.91 Å². The van der Waals surface area contributed by atoms with Gasteiger partial charge in [-0.3, -0.25) is 4.79 Å². The molecule has 0 radical (unpaired) electrons. The SMILES string of the molecule is CC(C)c1ccccc1OCCC(=O)NC1CC1. The van der Waals surface area contributed by atoms with Gasteiger partial charge in [0.15, 0.2) is 0 Å². The monoisotopic (exact) mass is 247 g/mol. The minimum absolute atomic E-state index is 0.0968. The van der Waals surface area contributed by atoms with Crippen LogP contribution >= 0.6 is 0 Å². The number of hydrogen-bond donors (Lipinski definition) is 1. The van der Waals surface area contributed by atoms with Gasteiger partial charge in [-0.15, -0.1) is 0 Å². The van der Waals surface area contributed by atoms with Crippen LogP contribution < -0.4 is 10.1 Å². The van der Waals surface area contributed by atoms with Gasteiger partial charge >= 0.3 is 0 Å². The van der Waals surface area contributed by atoms with Crippen molar-refractivity contribution in [2.75, 3.05) is 6.61 Å². The number of rotatable bonds is 6. The van der Waals surface area contributed by atoms with Gasteiger partial charge in [0.2, 0.25) is 5.91 Å². The van der Waals surface area contributed by atoms with Crippen molar-refractivity contribution in [1.82, 2.24) is 5.32 Å². The second kappa shape index (κ2) is 5.89. The molecule has 1 aliphatic rings. The Morgan fingerprint density at radius 1 is 1.39 bits per heavy atom. The maximum Gasteiger partial charge on any atom is 0.223 e. The third-order valence-corrected chi connectivity index (χ3v) is 3.07. The van der Waals surface area contributed by atoms with Crippen molar-refractivity contribution in [3.8, 4) is 5.75 Å². The second-order valence-electron chi connectivity index (χ2n) is 5.13. The first-order valence-corrected chi connectivity index (χ1v) is 6.68. The molecule has 0 spiro atoms. The van der Waals surface area contributed by atoms with E-state index >= 15 is 0 Å².